The minimum absolute atomic E-state index is 0.162. The van der Waals surface area contributed by atoms with Crippen molar-refractivity contribution in [2.75, 3.05) is 19.6 Å². The second-order valence-corrected chi connectivity index (χ2v) is 5.22. The Labute approximate surface area is 115 Å². The van der Waals surface area contributed by atoms with Crippen LogP contribution in [0.5, 0.6) is 0 Å². The molecule has 0 aliphatic carbocycles. The molecule has 1 atom stereocenters. The zero-order valence-electron chi connectivity index (χ0n) is 12.1. The molecule has 1 unspecified atom stereocenters. The van der Waals surface area contributed by atoms with Gasteiger partial charge in [0, 0.05) is 31.9 Å². The first-order valence-electron chi connectivity index (χ1n) is 7.44. The lowest BCUT2D eigenvalue weighted by Crippen LogP contribution is -2.41. The molecular weight excluding hydrogens is 238 g/mol. The van der Waals surface area contributed by atoms with Gasteiger partial charge >= 0.3 is 0 Å². The Balaban J connectivity index is 2.04. The number of rotatable bonds is 6. The summed E-state index contributed by atoms with van der Waals surface area (Å²) in [6, 6.07) is 4.37. The topological polar surface area (TPSA) is 37.3 Å². The predicted molar refractivity (Wildman–Crippen MR) is 77.3 cm³/mol. The van der Waals surface area contributed by atoms with Crippen molar-refractivity contribution in [2.24, 2.45) is 0 Å². The second kappa shape index (κ2) is 6.75. The quantitative estimate of drug-likeness (QED) is 0.853. The van der Waals surface area contributed by atoms with Gasteiger partial charge < -0.3 is 14.8 Å². The number of amides is 1. The Hall–Kier alpha value is -1.29. The van der Waals surface area contributed by atoms with Crippen molar-refractivity contribution in [3.8, 4) is 0 Å². The van der Waals surface area contributed by atoms with Crippen LogP contribution in [0.15, 0.2) is 18.3 Å². The zero-order chi connectivity index (χ0) is 13.7. The lowest BCUT2D eigenvalue weighted by atomic mass is 10.2. The van der Waals surface area contributed by atoms with Crippen LogP contribution in [0.2, 0.25) is 0 Å². The Morgan fingerprint density at radius 3 is 3.00 bits per heavy atom. The van der Waals surface area contributed by atoms with Crippen LogP contribution in [0, 0.1) is 0 Å². The maximum absolute atomic E-state index is 12.6. The van der Waals surface area contributed by atoms with Crippen molar-refractivity contribution in [3.05, 3.63) is 24.0 Å². The van der Waals surface area contributed by atoms with Gasteiger partial charge in [-0.2, -0.15) is 0 Å². The fourth-order valence-electron chi connectivity index (χ4n) is 2.74. The fourth-order valence-corrected chi connectivity index (χ4v) is 2.74. The summed E-state index contributed by atoms with van der Waals surface area (Å²) in [5, 5.41) is 3.46. The molecule has 1 saturated heterocycles. The van der Waals surface area contributed by atoms with E-state index in [4.69, 9.17) is 0 Å². The van der Waals surface area contributed by atoms with Gasteiger partial charge in [-0.1, -0.05) is 6.92 Å². The summed E-state index contributed by atoms with van der Waals surface area (Å²) >= 11 is 0. The SMILES string of the molecule is CCCn1cccc1C(=O)N(CC)CC1CCCN1. The van der Waals surface area contributed by atoms with Crippen molar-refractivity contribution < 1.29 is 4.79 Å². The monoisotopic (exact) mass is 263 g/mol. The molecule has 4 nitrogen and oxygen atoms in total. The van der Waals surface area contributed by atoms with E-state index >= 15 is 0 Å². The van der Waals surface area contributed by atoms with E-state index in [9.17, 15) is 4.79 Å². The fraction of sp³-hybridized carbons (Fsp3) is 0.667. The molecule has 0 aromatic carbocycles. The largest absolute Gasteiger partial charge is 0.344 e. The van der Waals surface area contributed by atoms with Crippen molar-refractivity contribution in [2.45, 2.75) is 45.7 Å². The second-order valence-electron chi connectivity index (χ2n) is 5.22. The first-order chi connectivity index (χ1) is 9.26. The van der Waals surface area contributed by atoms with E-state index in [1.54, 1.807) is 0 Å². The first kappa shape index (κ1) is 14.1. The van der Waals surface area contributed by atoms with Gasteiger partial charge in [0.1, 0.15) is 5.69 Å². The standard InChI is InChI=1S/C15H25N3O/c1-3-10-18-11-6-8-14(18)15(19)17(4-2)12-13-7-5-9-16-13/h6,8,11,13,16H,3-5,7,9-10,12H2,1-2H3. The Bertz CT molecular complexity index is 407. The summed E-state index contributed by atoms with van der Waals surface area (Å²) in [6.07, 6.45) is 5.45. The van der Waals surface area contributed by atoms with Crippen LogP contribution < -0.4 is 5.32 Å². The van der Waals surface area contributed by atoms with Crippen LogP contribution >= 0.6 is 0 Å². The first-order valence-corrected chi connectivity index (χ1v) is 7.44. The third-order valence-electron chi connectivity index (χ3n) is 3.79. The highest BCUT2D eigenvalue weighted by Crippen LogP contribution is 2.11. The number of nitrogens with one attached hydrogen (secondary N) is 1. The van der Waals surface area contributed by atoms with Crippen LogP contribution in [0.1, 0.15) is 43.6 Å². The highest BCUT2D eigenvalue weighted by Gasteiger charge is 2.22. The molecular formula is C15H25N3O. The van der Waals surface area contributed by atoms with Gasteiger partial charge in [0.2, 0.25) is 0 Å². The lowest BCUT2D eigenvalue weighted by molar-refractivity contribution is 0.0740. The van der Waals surface area contributed by atoms with Gasteiger partial charge in [-0.05, 0) is 44.9 Å². The van der Waals surface area contributed by atoms with Crippen LogP contribution in [-0.2, 0) is 6.54 Å². The molecule has 0 saturated carbocycles. The maximum Gasteiger partial charge on any atom is 0.270 e. The number of likely N-dealkylation sites (N-methyl/N-ethyl adjacent to an activating group) is 1. The van der Waals surface area contributed by atoms with E-state index in [0.29, 0.717) is 6.04 Å². The number of aryl methyl sites for hydroxylation is 1. The highest BCUT2D eigenvalue weighted by atomic mass is 16.2. The Morgan fingerprint density at radius 2 is 2.37 bits per heavy atom. The van der Waals surface area contributed by atoms with E-state index < -0.39 is 0 Å². The van der Waals surface area contributed by atoms with Gasteiger partial charge in [0.25, 0.3) is 5.91 Å². The number of nitrogens with zero attached hydrogens (tertiary/aromatic N) is 2. The average molecular weight is 263 g/mol. The highest BCUT2D eigenvalue weighted by molar-refractivity contribution is 5.92. The van der Waals surface area contributed by atoms with Crippen molar-refractivity contribution in [1.82, 2.24) is 14.8 Å². The molecule has 1 amide bonds. The summed E-state index contributed by atoms with van der Waals surface area (Å²) in [5.41, 5.74) is 0.821. The Morgan fingerprint density at radius 1 is 1.53 bits per heavy atom. The zero-order valence-corrected chi connectivity index (χ0v) is 12.1. The third kappa shape index (κ3) is 3.38. The molecule has 0 bridgehead atoms. The molecule has 2 heterocycles. The van der Waals surface area contributed by atoms with Gasteiger partial charge in [0.05, 0.1) is 0 Å². The predicted octanol–water partition coefficient (Wildman–Crippen LogP) is 2.11. The molecule has 19 heavy (non-hydrogen) atoms. The summed E-state index contributed by atoms with van der Waals surface area (Å²) in [7, 11) is 0. The van der Waals surface area contributed by atoms with Crippen molar-refractivity contribution in [1.29, 1.82) is 0 Å². The number of aromatic nitrogens is 1. The summed E-state index contributed by atoms with van der Waals surface area (Å²) in [6.45, 7) is 7.78. The van der Waals surface area contributed by atoms with Gasteiger partial charge in [0.15, 0.2) is 0 Å². The number of hydrogen-bond donors (Lipinski definition) is 1. The number of carbonyl (C=O) groups excluding carboxylic acids is 1. The van der Waals surface area contributed by atoms with Crippen LogP contribution in [0.25, 0.3) is 0 Å². The van der Waals surface area contributed by atoms with Gasteiger partial charge in [-0.25, -0.2) is 0 Å². The summed E-state index contributed by atoms with van der Waals surface area (Å²) < 4.78 is 2.06. The molecule has 1 aromatic rings. The van der Waals surface area contributed by atoms with E-state index in [0.717, 1.165) is 38.3 Å². The number of carbonyl (C=O) groups is 1. The number of hydrogen-bond acceptors (Lipinski definition) is 2. The van der Waals surface area contributed by atoms with Crippen molar-refractivity contribution in [3.63, 3.8) is 0 Å². The smallest absolute Gasteiger partial charge is 0.270 e. The van der Waals surface area contributed by atoms with Crippen molar-refractivity contribution >= 4 is 5.91 Å². The molecule has 0 radical (unpaired) electrons. The Kier molecular flexibility index (Phi) is 5.02. The summed E-state index contributed by atoms with van der Waals surface area (Å²) in [5.74, 6) is 0.162. The molecule has 1 aliphatic heterocycles. The average Bonchev–Trinajstić information content (AvgIpc) is 3.06. The molecule has 2 rings (SSSR count). The normalized spacial score (nSPS) is 18.7. The van der Waals surface area contributed by atoms with E-state index in [1.165, 1.54) is 12.8 Å². The van der Waals surface area contributed by atoms with E-state index in [2.05, 4.69) is 23.7 Å². The van der Waals surface area contributed by atoms with E-state index in [-0.39, 0.29) is 5.91 Å². The molecule has 1 aromatic heterocycles. The molecule has 1 aliphatic rings. The molecule has 1 N–H and O–H groups in total. The van der Waals surface area contributed by atoms with Gasteiger partial charge in [-0.3, -0.25) is 4.79 Å². The molecule has 0 spiro atoms. The van der Waals surface area contributed by atoms with E-state index in [1.807, 2.05) is 23.2 Å². The van der Waals surface area contributed by atoms with Gasteiger partial charge in [-0.15, -0.1) is 0 Å². The molecule has 1 fully saturated rings. The minimum Gasteiger partial charge on any atom is -0.344 e. The maximum atomic E-state index is 12.6. The lowest BCUT2D eigenvalue weighted by Gasteiger charge is -2.25. The third-order valence-corrected chi connectivity index (χ3v) is 3.79. The van der Waals surface area contributed by atoms with Crippen LogP contribution in [0.3, 0.4) is 0 Å². The molecule has 4 heteroatoms. The van der Waals surface area contributed by atoms with Crippen LogP contribution in [0.4, 0.5) is 0 Å². The van der Waals surface area contributed by atoms with Crippen LogP contribution in [-0.4, -0.2) is 41.1 Å². The minimum atomic E-state index is 0.162. The molecule has 106 valence electrons. The summed E-state index contributed by atoms with van der Waals surface area (Å²) in [4.78, 5) is 14.6.